The highest BCUT2D eigenvalue weighted by atomic mass is 16.2. The molecule has 0 bridgehead atoms. The maximum atomic E-state index is 12.2. The second kappa shape index (κ2) is 14.5. The molecule has 0 spiro atoms. The molecule has 3 fully saturated rings. The first-order valence-electron chi connectivity index (χ1n) is 15.4. The molecule has 1 aromatic rings. The average Bonchev–Trinajstić information content (AvgIpc) is 3.05. The zero-order valence-electron chi connectivity index (χ0n) is 27.0. The van der Waals surface area contributed by atoms with Crippen LogP contribution < -0.4 is 26.6 Å². The van der Waals surface area contributed by atoms with E-state index < -0.39 is 69.8 Å². The minimum atomic E-state index is -1.31. The molecule has 4 aliphatic rings. The molecular formula is C32H40N6O9. The maximum Gasteiger partial charge on any atom is 0.330 e. The molecule has 3 saturated heterocycles. The third-order valence-electron chi connectivity index (χ3n) is 9.20. The van der Waals surface area contributed by atoms with Gasteiger partial charge < -0.3 is 0 Å². The number of benzene rings is 1. The molecule has 1 atom stereocenters. The number of rotatable bonds is 5. The highest BCUT2D eigenvalue weighted by molar-refractivity contribution is 6.23. The van der Waals surface area contributed by atoms with Crippen LogP contribution in [0.4, 0.5) is 14.4 Å². The fourth-order valence-electron chi connectivity index (χ4n) is 5.94. The molecule has 0 radical (unpaired) electrons. The Morgan fingerprint density at radius 2 is 1.17 bits per heavy atom. The van der Waals surface area contributed by atoms with Crippen LogP contribution >= 0.6 is 0 Å². The summed E-state index contributed by atoms with van der Waals surface area (Å²) in [5, 5.41) is 10.7. The van der Waals surface area contributed by atoms with Gasteiger partial charge in [0.15, 0.2) is 5.41 Å². The Morgan fingerprint density at radius 1 is 0.660 bits per heavy atom. The van der Waals surface area contributed by atoms with Crippen molar-refractivity contribution in [1.82, 2.24) is 31.5 Å². The van der Waals surface area contributed by atoms with Crippen molar-refractivity contribution in [2.24, 2.45) is 10.8 Å². The summed E-state index contributed by atoms with van der Waals surface area (Å²) < 4.78 is 0. The van der Waals surface area contributed by atoms with Crippen LogP contribution in [0.1, 0.15) is 78.2 Å². The first-order chi connectivity index (χ1) is 22.1. The van der Waals surface area contributed by atoms with Crippen molar-refractivity contribution in [2.45, 2.75) is 78.1 Å². The predicted molar refractivity (Wildman–Crippen MR) is 166 cm³/mol. The van der Waals surface area contributed by atoms with Gasteiger partial charge in [0.1, 0.15) is 10.8 Å². The number of hydrogen-bond donors (Lipinski definition) is 5. The summed E-state index contributed by atoms with van der Waals surface area (Å²) in [6.45, 7) is 6.84. The number of allylic oxidation sites excluding steroid dienone is 1. The highest BCUT2D eigenvalue weighted by Crippen LogP contribution is 2.38. The van der Waals surface area contributed by atoms with Gasteiger partial charge in [0.05, 0.1) is 0 Å². The molecule has 252 valence electrons. The zero-order valence-corrected chi connectivity index (χ0v) is 27.0. The van der Waals surface area contributed by atoms with Crippen molar-refractivity contribution in [2.75, 3.05) is 7.05 Å². The summed E-state index contributed by atoms with van der Waals surface area (Å²) in [6, 6.07) is 6.59. The van der Waals surface area contributed by atoms with E-state index in [0.717, 1.165) is 36.2 Å². The van der Waals surface area contributed by atoms with Gasteiger partial charge in [-0.25, -0.2) is 14.4 Å². The number of amides is 12. The molecule has 1 aromatic carbocycles. The van der Waals surface area contributed by atoms with E-state index in [1.807, 2.05) is 6.08 Å². The average molecular weight is 653 g/mol. The summed E-state index contributed by atoms with van der Waals surface area (Å²) in [7, 11) is 1.39. The van der Waals surface area contributed by atoms with Crippen LogP contribution in [-0.4, -0.2) is 65.5 Å². The van der Waals surface area contributed by atoms with E-state index in [4.69, 9.17) is 0 Å². The smallest absolute Gasteiger partial charge is 0.277 e. The minimum Gasteiger partial charge on any atom is -0.277 e. The molecule has 0 aromatic heterocycles. The van der Waals surface area contributed by atoms with Crippen LogP contribution in [0.2, 0.25) is 0 Å². The van der Waals surface area contributed by atoms with E-state index in [1.165, 1.54) is 7.05 Å². The van der Waals surface area contributed by atoms with Gasteiger partial charge in [-0.2, -0.15) is 0 Å². The van der Waals surface area contributed by atoms with Gasteiger partial charge in [0.2, 0.25) is 35.4 Å². The molecular weight excluding hydrogens is 612 g/mol. The van der Waals surface area contributed by atoms with Crippen molar-refractivity contribution in [1.29, 1.82) is 0 Å². The molecule has 0 saturated carbocycles. The second-order valence-corrected chi connectivity index (χ2v) is 11.6. The maximum absolute atomic E-state index is 12.2. The van der Waals surface area contributed by atoms with Crippen molar-refractivity contribution >= 4 is 53.5 Å². The SMILES string of the molecule is CCC1(CC)C(=O)NC(=O)NC1=O.CCC1(c2ccccc2)C(=O)NC(=O)NC1=O.CN1C(=O)NC(=O)C(C)(C2=CCCCC2)C1=O. The Kier molecular flexibility index (Phi) is 11.2. The van der Waals surface area contributed by atoms with Gasteiger partial charge in [-0.1, -0.05) is 57.2 Å². The Balaban J connectivity index is 0.000000194. The summed E-state index contributed by atoms with van der Waals surface area (Å²) in [4.78, 5) is 105. The zero-order chi connectivity index (χ0) is 35.2. The number of carbonyl (C=O) groups excluding carboxylic acids is 9. The van der Waals surface area contributed by atoms with Gasteiger partial charge in [0, 0.05) is 7.05 Å². The number of nitrogens with zero attached hydrogens (tertiary/aromatic N) is 1. The molecule has 15 nitrogen and oxygen atoms in total. The van der Waals surface area contributed by atoms with E-state index in [1.54, 1.807) is 58.0 Å². The molecule has 1 unspecified atom stereocenters. The van der Waals surface area contributed by atoms with Gasteiger partial charge in [-0.15, -0.1) is 0 Å². The van der Waals surface area contributed by atoms with Crippen LogP contribution in [0.25, 0.3) is 0 Å². The van der Waals surface area contributed by atoms with Crippen LogP contribution in [0.3, 0.4) is 0 Å². The predicted octanol–water partition coefficient (Wildman–Crippen LogP) is 2.06. The van der Waals surface area contributed by atoms with Crippen molar-refractivity contribution < 1.29 is 43.2 Å². The van der Waals surface area contributed by atoms with E-state index in [9.17, 15) is 43.2 Å². The fourth-order valence-corrected chi connectivity index (χ4v) is 5.94. The number of imide groups is 6. The van der Waals surface area contributed by atoms with Crippen molar-refractivity contribution in [3.63, 3.8) is 0 Å². The minimum absolute atomic E-state index is 0.294. The number of nitrogens with one attached hydrogen (secondary N) is 5. The lowest BCUT2D eigenvalue weighted by atomic mass is 9.74. The van der Waals surface area contributed by atoms with Gasteiger partial charge >= 0.3 is 18.1 Å². The van der Waals surface area contributed by atoms with Crippen LogP contribution in [-0.2, 0) is 34.2 Å². The molecule has 5 rings (SSSR count). The first kappa shape index (κ1) is 36.3. The van der Waals surface area contributed by atoms with E-state index >= 15 is 0 Å². The monoisotopic (exact) mass is 652 g/mol. The van der Waals surface area contributed by atoms with E-state index in [-0.39, 0.29) is 0 Å². The lowest BCUT2D eigenvalue weighted by Crippen LogP contribution is -2.64. The van der Waals surface area contributed by atoms with Crippen LogP contribution in [0, 0.1) is 10.8 Å². The van der Waals surface area contributed by atoms with Gasteiger partial charge in [-0.3, -0.25) is 60.3 Å². The molecule has 47 heavy (non-hydrogen) atoms. The summed E-state index contributed by atoms with van der Waals surface area (Å²) in [6.07, 6.45) is 6.76. The summed E-state index contributed by atoms with van der Waals surface area (Å²) >= 11 is 0. The molecule has 15 heteroatoms. The standard InChI is InChI=1S/C12H16N2O3.C12H12N2O3.C8H12N2O3/c1-12(8-6-4-3-5-7-8)9(15)13-11(17)14(2)10(12)16;1-2-12(8-6-4-3-5-7-8)9(15)13-11(17)14-10(12)16;1-3-8(4-2)5(11)9-7(13)10-6(8)12/h6H,3-5,7H2,1-2H3,(H,13,15,17);3-7H,2H2,1H3,(H2,13,14,15,16,17);3-4H2,1-2H3,(H2,9,10,11,12,13). The van der Waals surface area contributed by atoms with Gasteiger partial charge in [0.25, 0.3) is 0 Å². The van der Waals surface area contributed by atoms with Crippen molar-refractivity contribution in [3.05, 3.63) is 47.5 Å². The lowest BCUT2D eigenvalue weighted by Gasteiger charge is -2.37. The molecule has 5 N–H and O–H groups in total. The topological polar surface area (TPSA) is 217 Å². The number of carbonyl (C=O) groups is 9. The summed E-state index contributed by atoms with van der Waals surface area (Å²) in [5.74, 6) is -3.06. The molecule has 1 aliphatic carbocycles. The second-order valence-electron chi connectivity index (χ2n) is 11.6. The summed E-state index contributed by atoms with van der Waals surface area (Å²) in [5.41, 5.74) is -2.15. The highest BCUT2D eigenvalue weighted by Gasteiger charge is 2.52. The third kappa shape index (κ3) is 6.69. The Hall–Kier alpha value is -5.21. The van der Waals surface area contributed by atoms with Gasteiger partial charge in [-0.05, 0) is 63.0 Å². The quantitative estimate of drug-likeness (QED) is 0.232. The van der Waals surface area contributed by atoms with E-state index in [2.05, 4.69) is 26.6 Å². The Labute approximate surface area is 271 Å². The normalized spacial score (nSPS) is 23.4. The Bertz CT molecular complexity index is 1490. The Morgan fingerprint density at radius 3 is 1.62 bits per heavy atom. The molecule has 3 aliphatic heterocycles. The van der Waals surface area contributed by atoms with Crippen molar-refractivity contribution in [3.8, 4) is 0 Å². The molecule has 12 amide bonds. The number of urea groups is 3. The lowest BCUT2D eigenvalue weighted by molar-refractivity contribution is -0.147. The van der Waals surface area contributed by atoms with Crippen LogP contribution in [0.15, 0.2) is 42.0 Å². The van der Waals surface area contributed by atoms with E-state index in [0.29, 0.717) is 24.8 Å². The fraction of sp³-hybridized carbons (Fsp3) is 0.469. The number of hydrogen-bond acceptors (Lipinski definition) is 9. The first-order valence-corrected chi connectivity index (χ1v) is 15.4. The molecule has 3 heterocycles. The number of barbiturate groups is 3. The third-order valence-corrected chi connectivity index (χ3v) is 9.20. The van der Waals surface area contributed by atoms with Crippen LogP contribution in [0.5, 0.6) is 0 Å². The largest absolute Gasteiger partial charge is 0.330 e.